The fourth-order valence-corrected chi connectivity index (χ4v) is 7.19. The van der Waals surface area contributed by atoms with Crippen LogP contribution in [0.25, 0.3) is 0 Å². The van der Waals surface area contributed by atoms with E-state index in [0.717, 1.165) is 19.3 Å². The van der Waals surface area contributed by atoms with Gasteiger partial charge in [0, 0.05) is 24.9 Å². The lowest BCUT2D eigenvalue weighted by Gasteiger charge is -2.34. The first-order valence-corrected chi connectivity index (χ1v) is 16.8. The standard InChI is InChI=1S/C31H58N8O4/c1-2-3-4-5-6-7-8-9-10-11-12-13-14-15-23-42-26-21-20-22(27(26)43-23)25(29(41)37-17-19-39-31(34)35)24(21)28(40)36-16-18-38-30(32)33/h21-27H,2-20H2,1H3,(H,36,40)(H,37,41)(H4,32,33,38)(H4,34,35,39)/t21-,22+,23?,24-,25-,26-,27+/m1/s1. The van der Waals surface area contributed by atoms with Crippen LogP contribution in [0.2, 0.25) is 0 Å². The Morgan fingerprint density at radius 3 is 1.44 bits per heavy atom. The van der Waals surface area contributed by atoms with Crippen molar-refractivity contribution in [1.82, 2.24) is 10.6 Å². The molecule has 7 atom stereocenters. The lowest BCUT2D eigenvalue weighted by molar-refractivity contribution is -0.140. The number of nitrogens with two attached hydrogens (primary N) is 4. The highest BCUT2D eigenvalue weighted by Gasteiger charge is 2.66. The van der Waals surface area contributed by atoms with Gasteiger partial charge in [-0.3, -0.25) is 19.6 Å². The molecule has 3 rings (SSSR count). The predicted molar refractivity (Wildman–Crippen MR) is 170 cm³/mol. The molecule has 0 aromatic carbocycles. The summed E-state index contributed by atoms with van der Waals surface area (Å²) in [6.07, 6.45) is 18.0. The Morgan fingerprint density at radius 1 is 0.651 bits per heavy atom. The molecule has 0 aromatic rings. The molecule has 2 saturated carbocycles. The van der Waals surface area contributed by atoms with Crippen molar-refractivity contribution in [3.8, 4) is 0 Å². The summed E-state index contributed by atoms with van der Waals surface area (Å²) >= 11 is 0. The SMILES string of the molecule is CCCCCCCCCCCCCCCC1O[C@@H]2[C@@H]3C[C@H]([C@@H]2O1)[C@@H](C(=O)NCCN=C(N)N)[C@@H]3C(=O)NCCN=C(N)N. The summed E-state index contributed by atoms with van der Waals surface area (Å²) in [5, 5.41) is 5.83. The van der Waals surface area contributed by atoms with Gasteiger partial charge >= 0.3 is 0 Å². The minimum Gasteiger partial charge on any atom is -0.370 e. The smallest absolute Gasteiger partial charge is 0.224 e. The predicted octanol–water partition coefficient (Wildman–Crippen LogP) is 2.24. The van der Waals surface area contributed by atoms with Crippen molar-refractivity contribution in [2.75, 3.05) is 26.2 Å². The zero-order chi connectivity index (χ0) is 31.0. The summed E-state index contributed by atoms with van der Waals surface area (Å²) in [6, 6.07) is 0. The van der Waals surface area contributed by atoms with E-state index in [-0.39, 0.29) is 80.2 Å². The molecule has 246 valence electrons. The molecule has 12 nitrogen and oxygen atoms in total. The van der Waals surface area contributed by atoms with Gasteiger partial charge in [0.2, 0.25) is 11.8 Å². The van der Waals surface area contributed by atoms with E-state index < -0.39 is 11.8 Å². The molecule has 43 heavy (non-hydrogen) atoms. The van der Waals surface area contributed by atoms with Crippen LogP contribution in [0.15, 0.2) is 9.98 Å². The molecule has 1 unspecified atom stereocenters. The maximum Gasteiger partial charge on any atom is 0.224 e. The second-order valence-corrected chi connectivity index (χ2v) is 12.5. The largest absolute Gasteiger partial charge is 0.370 e. The highest BCUT2D eigenvalue weighted by molar-refractivity contribution is 5.89. The van der Waals surface area contributed by atoms with Crippen molar-refractivity contribution >= 4 is 23.7 Å². The molecule has 1 saturated heterocycles. The molecular weight excluding hydrogens is 548 g/mol. The van der Waals surface area contributed by atoms with E-state index in [4.69, 9.17) is 32.4 Å². The Balaban J connectivity index is 1.42. The van der Waals surface area contributed by atoms with E-state index in [1.165, 1.54) is 77.0 Å². The molecule has 2 amide bonds. The van der Waals surface area contributed by atoms with E-state index in [1.807, 2.05) is 0 Å². The van der Waals surface area contributed by atoms with Crippen molar-refractivity contribution in [1.29, 1.82) is 0 Å². The first-order valence-electron chi connectivity index (χ1n) is 16.8. The van der Waals surface area contributed by atoms with Gasteiger partial charge in [0.15, 0.2) is 18.2 Å². The van der Waals surface area contributed by atoms with E-state index in [0.29, 0.717) is 0 Å². The minimum absolute atomic E-state index is 0.0268. The van der Waals surface area contributed by atoms with Crippen molar-refractivity contribution in [3.05, 3.63) is 0 Å². The second-order valence-electron chi connectivity index (χ2n) is 12.5. The average Bonchev–Trinajstić information content (AvgIpc) is 3.66. The fourth-order valence-electron chi connectivity index (χ4n) is 7.19. The molecule has 2 bridgehead atoms. The molecule has 0 spiro atoms. The normalized spacial score (nSPS) is 27.0. The number of aliphatic imine (C=N–C) groups is 2. The van der Waals surface area contributed by atoms with Crippen LogP contribution < -0.4 is 33.6 Å². The molecular formula is C31H58N8O4. The van der Waals surface area contributed by atoms with E-state index in [9.17, 15) is 9.59 Å². The molecule has 3 fully saturated rings. The minimum atomic E-state index is -0.507. The van der Waals surface area contributed by atoms with Crippen LogP contribution in [0.1, 0.15) is 103 Å². The number of fused-ring (bicyclic) bond motifs is 5. The zero-order valence-electron chi connectivity index (χ0n) is 26.3. The number of ether oxygens (including phenoxy) is 2. The van der Waals surface area contributed by atoms with Gasteiger partial charge in [-0.15, -0.1) is 0 Å². The third-order valence-electron chi connectivity index (χ3n) is 9.20. The third-order valence-corrected chi connectivity index (χ3v) is 9.20. The summed E-state index contributed by atoms with van der Waals surface area (Å²) in [5.41, 5.74) is 21.6. The van der Waals surface area contributed by atoms with Gasteiger partial charge in [-0.05, 0) is 19.3 Å². The lowest BCUT2D eigenvalue weighted by atomic mass is 9.75. The van der Waals surface area contributed by atoms with Crippen LogP contribution >= 0.6 is 0 Å². The molecule has 1 aliphatic heterocycles. The molecule has 12 heteroatoms. The molecule has 10 N–H and O–H groups in total. The first-order chi connectivity index (χ1) is 20.8. The van der Waals surface area contributed by atoms with Crippen LogP contribution in [0, 0.1) is 23.7 Å². The molecule has 2 aliphatic carbocycles. The fraction of sp³-hybridized carbons (Fsp3) is 0.871. The Kier molecular flexibility index (Phi) is 15.4. The Bertz CT molecular complexity index is 852. The number of guanidine groups is 2. The van der Waals surface area contributed by atoms with Gasteiger partial charge in [-0.25, -0.2) is 0 Å². The van der Waals surface area contributed by atoms with Crippen molar-refractivity contribution < 1.29 is 19.1 Å². The zero-order valence-corrected chi connectivity index (χ0v) is 26.3. The van der Waals surface area contributed by atoms with E-state index in [1.54, 1.807) is 0 Å². The second kappa shape index (κ2) is 18.9. The number of hydrogen-bond acceptors (Lipinski definition) is 6. The quantitative estimate of drug-likeness (QED) is 0.0611. The number of nitrogens with zero attached hydrogens (tertiary/aromatic N) is 2. The number of carbonyl (C=O) groups excluding carboxylic acids is 2. The van der Waals surface area contributed by atoms with Gasteiger partial charge in [0.25, 0.3) is 0 Å². The highest BCUT2D eigenvalue weighted by Crippen LogP contribution is 2.57. The van der Waals surface area contributed by atoms with Gasteiger partial charge < -0.3 is 43.0 Å². The number of rotatable bonds is 22. The number of unbranched alkanes of at least 4 members (excludes halogenated alkanes) is 12. The van der Waals surface area contributed by atoms with E-state index in [2.05, 4.69) is 27.5 Å². The van der Waals surface area contributed by atoms with Crippen LogP contribution in [-0.4, -0.2) is 68.4 Å². The molecule has 0 radical (unpaired) electrons. The third kappa shape index (κ3) is 11.1. The number of hydrogen-bond donors (Lipinski definition) is 6. The van der Waals surface area contributed by atoms with Crippen molar-refractivity contribution in [2.24, 2.45) is 56.6 Å². The number of amides is 2. The summed E-state index contributed by atoms with van der Waals surface area (Å²) < 4.78 is 12.8. The van der Waals surface area contributed by atoms with Gasteiger partial charge in [0.1, 0.15) is 0 Å². The average molecular weight is 607 g/mol. The summed E-state index contributed by atoms with van der Waals surface area (Å²) in [7, 11) is 0. The summed E-state index contributed by atoms with van der Waals surface area (Å²) in [5.74, 6) is -1.58. The van der Waals surface area contributed by atoms with Gasteiger partial charge in [-0.1, -0.05) is 84.0 Å². The van der Waals surface area contributed by atoms with Gasteiger partial charge in [-0.2, -0.15) is 0 Å². The van der Waals surface area contributed by atoms with Crippen LogP contribution in [0.5, 0.6) is 0 Å². The Labute approximate surface area is 257 Å². The first kappa shape index (κ1) is 34.9. The molecule has 3 aliphatic rings. The Hall–Kier alpha value is -2.60. The summed E-state index contributed by atoms with van der Waals surface area (Å²) in [4.78, 5) is 34.5. The van der Waals surface area contributed by atoms with Crippen LogP contribution in [-0.2, 0) is 19.1 Å². The van der Waals surface area contributed by atoms with E-state index >= 15 is 0 Å². The molecule has 0 aromatic heterocycles. The van der Waals surface area contributed by atoms with Crippen LogP contribution in [0.3, 0.4) is 0 Å². The maximum absolute atomic E-state index is 13.3. The Morgan fingerprint density at radius 2 is 1.05 bits per heavy atom. The van der Waals surface area contributed by atoms with Crippen molar-refractivity contribution in [2.45, 2.75) is 122 Å². The lowest BCUT2D eigenvalue weighted by Crippen LogP contribution is -2.52. The highest BCUT2D eigenvalue weighted by atomic mass is 16.7. The maximum atomic E-state index is 13.3. The topological polar surface area (TPSA) is 205 Å². The monoisotopic (exact) mass is 606 g/mol. The number of carbonyl (C=O) groups is 2. The number of nitrogens with one attached hydrogen (secondary N) is 2. The summed E-state index contributed by atoms with van der Waals surface area (Å²) in [6.45, 7) is 3.39. The molecule has 1 heterocycles. The van der Waals surface area contributed by atoms with Crippen molar-refractivity contribution in [3.63, 3.8) is 0 Å². The van der Waals surface area contributed by atoms with Gasteiger partial charge in [0.05, 0.1) is 37.1 Å². The van der Waals surface area contributed by atoms with Crippen LogP contribution in [0.4, 0.5) is 0 Å².